The van der Waals surface area contributed by atoms with Gasteiger partial charge in [-0.1, -0.05) is 0 Å². The van der Waals surface area contributed by atoms with E-state index in [1.807, 2.05) is 19.4 Å². The van der Waals surface area contributed by atoms with E-state index in [1.165, 1.54) is 11.1 Å². The third-order valence-corrected chi connectivity index (χ3v) is 4.21. The van der Waals surface area contributed by atoms with Crippen LogP contribution in [0.15, 0.2) is 18.5 Å². The van der Waals surface area contributed by atoms with Gasteiger partial charge in [-0.2, -0.15) is 0 Å². The number of rotatable bonds is 4. The molecular formula is C15H25N3O. The molecule has 2 heterocycles. The Bertz CT molecular complexity index is 414. The van der Waals surface area contributed by atoms with Gasteiger partial charge in [0.05, 0.1) is 19.3 Å². The number of hydrogen-bond acceptors (Lipinski definition) is 4. The van der Waals surface area contributed by atoms with E-state index in [0.29, 0.717) is 0 Å². The predicted molar refractivity (Wildman–Crippen MR) is 77.2 cm³/mol. The summed E-state index contributed by atoms with van der Waals surface area (Å²) in [5.41, 5.74) is 2.60. The van der Waals surface area contributed by atoms with Gasteiger partial charge in [-0.3, -0.25) is 9.88 Å². The minimum absolute atomic E-state index is 0.0341. The molecule has 0 spiro atoms. The zero-order valence-electron chi connectivity index (χ0n) is 12.4. The van der Waals surface area contributed by atoms with Gasteiger partial charge < -0.3 is 10.1 Å². The smallest absolute Gasteiger partial charge is 0.0594 e. The Morgan fingerprint density at radius 1 is 1.37 bits per heavy atom. The van der Waals surface area contributed by atoms with Crippen molar-refractivity contribution >= 4 is 0 Å². The van der Waals surface area contributed by atoms with Crippen LogP contribution in [0, 0.1) is 6.92 Å². The first kappa shape index (κ1) is 14.4. The number of likely N-dealkylation sites (N-methyl/N-ethyl adjacent to an activating group) is 1. The van der Waals surface area contributed by atoms with Crippen LogP contribution in [-0.2, 0) is 4.74 Å². The van der Waals surface area contributed by atoms with E-state index in [-0.39, 0.29) is 11.6 Å². The molecule has 4 heteroatoms. The lowest BCUT2D eigenvalue weighted by molar-refractivity contribution is -0.0230. The number of nitrogens with one attached hydrogen (secondary N) is 1. The molecule has 0 saturated carbocycles. The summed E-state index contributed by atoms with van der Waals surface area (Å²) >= 11 is 0. The van der Waals surface area contributed by atoms with Gasteiger partial charge in [0.15, 0.2) is 0 Å². The standard InChI is InChI=1S/C15H25N3O/c1-12-5-6-17-11-13(12)14(16-4)15(2,3)18-7-9-19-10-8-18/h5-6,11,14,16H,7-10H2,1-4H3. The van der Waals surface area contributed by atoms with Crippen LogP contribution in [0.5, 0.6) is 0 Å². The molecule has 0 amide bonds. The quantitative estimate of drug-likeness (QED) is 0.898. The molecule has 106 valence electrons. The van der Waals surface area contributed by atoms with E-state index in [1.54, 1.807) is 0 Å². The maximum absolute atomic E-state index is 5.46. The van der Waals surface area contributed by atoms with Crippen molar-refractivity contribution in [2.24, 2.45) is 0 Å². The lowest BCUT2D eigenvalue weighted by Gasteiger charge is -2.46. The molecule has 19 heavy (non-hydrogen) atoms. The second-order valence-electron chi connectivity index (χ2n) is 5.71. The molecule has 0 bridgehead atoms. The Kier molecular flexibility index (Phi) is 4.55. The molecule has 1 N–H and O–H groups in total. The lowest BCUT2D eigenvalue weighted by atomic mass is 9.85. The third-order valence-electron chi connectivity index (χ3n) is 4.21. The van der Waals surface area contributed by atoms with Gasteiger partial charge in [0, 0.05) is 31.0 Å². The zero-order valence-corrected chi connectivity index (χ0v) is 12.4. The molecule has 0 aromatic carbocycles. The highest BCUT2D eigenvalue weighted by Crippen LogP contribution is 2.32. The molecule has 1 aromatic rings. The first-order valence-corrected chi connectivity index (χ1v) is 6.98. The summed E-state index contributed by atoms with van der Waals surface area (Å²) < 4.78 is 5.46. The Balaban J connectivity index is 2.27. The fourth-order valence-corrected chi connectivity index (χ4v) is 2.99. The molecule has 1 aliphatic heterocycles. The van der Waals surface area contributed by atoms with Gasteiger partial charge in [0.1, 0.15) is 0 Å². The van der Waals surface area contributed by atoms with Gasteiger partial charge in [0.2, 0.25) is 0 Å². The molecule has 0 radical (unpaired) electrons. The summed E-state index contributed by atoms with van der Waals surface area (Å²) in [5, 5.41) is 3.47. The van der Waals surface area contributed by atoms with Crippen molar-refractivity contribution in [3.63, 3.8) is 0 Å². The number of nitrogens with zero attached hydrogens (tertiary/aromatic N) is 2. The number of aromatic nitrogens is 1. The zero-order chi connectivity index (χ0) is 13.9. The average Bonchev–Trinajstić information content (AvgIpc) is 2.42. The van der Waals surface area contributed by atoms with Crippen LogP contribution in [0.4, 0.5) is 0 Å². The fourth-order valence-electron chi connectivity index (χ4n) is 2.99. The summed E-state index contributed by atoms with van der Waals surface area (Å²) in [4.78, 5) is 6.79. The minimum atomic E-state index is 0.0341. The molecule has 4 nitrogen and oxygen atoms in total. The maximum atomic E-state index is 5.46. The number of hydrogen-bond donors (Lipinski definition) is 1. The molecule has 1 fully saturated rings. The molecule has 2 rings (SSSR count). The highest BCUT2D eigenvalue weighted by Gasteiger charge is 2.37. The van der Waals surface area contributed by atoms with Crippen LogP contribution in [0.3, 0.4) is 0 Å². The van der Waals surface area contributed by atoms with Crippen molar-refractivity contribution < 1.29 is 4.74 Å². The van der Waals surface area contributed by atoms with Crippen LogP contribution in [0.2, 0.25) is 0 Å². The number of aryl methyl sites for hydroxylation is 1. The molecular weight excluding hydrogens is 238 g/mol. The van der Waals surface area contributed by atoms with Gasteiger partial charge in [-0.05, 0) is 45.0 Å². The van der Waals surface area contributed by atoms with Gasteiger partial charge >= 0.3 is 0 Å². The third kappa shape index (κ3) is 2.96. The highest BCUT2D eigenvalue weighted by molar-refractivity contribution is 5.28. The van der Waals surface area contributed by atoms with E-state index in [9.17, 15) is 0 Å². The lowest BCUT2D eigenvalue weighted by Crippen LogP contribution is -2.55. The van der Waals surface area contributed by atoms with Crippen molar-refractivity contribution in [3.05, 3.63) is 29.6 Å². The monoisotopic (exact) mass is 263 g/mol. The molecule has 1 aliphatic rings. The molecule has 1 unspecified atom stereocenters. The van der Waals surface area contributed by atoms with E-state index in [0.717, 1.165) is 26.3 Å². The Morgan fingerprint density at radius 3 is 2.63 bits per heavy atom. The second-order valence-corrected chi connectivity index (χ2v) is 5.71. The maximum Gasteiger partial charge on any atom is 0.0594 e. The average molecular weight is 263 g/mol. The van der Waals surface area contributed by atoms with Crippen molar-refractivity contribution in [1.29, 1.82) is 0 Å². The summed E-state index contributed by atoms with van der Waals surface area (Å²) in [7, 11) is 2.03. The molecule has 0 aliphatic carbocycles. The predicted octanol–water partition coefficient (Wildman–Crippen LogP) is 1.76. The van der Waals surface area contributed by atoms with E-state index in [4.69, 9.17) is 4.74 Å². The van der Waals surface area contributed by atoms with Crippen molar-refractivity contribution in [3.8, 4) is 0 Å². The molecule has 1 aromatic heterocycles. The Morgan fingerprint density at radius 2 is 2.05 bits per heavy atom. The van der Waals surface area contributed by atoms with Crippen LogP contribution in [0.1, 0.15) is 31.0 Å². The van der Waals surface area contributed by atoms with E-state index < -0.39 is 0 Å². The Hall–Kier alpha value is -0.970. The van der Waals surface area contributed by atoms with Crippen LogP contribution in [-0.4, -0.2) is 48.8 Å². The summed E-state index contributed by atoms with van der Waals surface area (Å²) in [6.07, 6.45) is 3.84. The summed E-state index contributed by atoms with van der Waals surface area (Å²) in [6, 6.07) is 2.34. The van der Waals surface area contributed by atoms with Gasteiger partial charge in [-0.15, -0.1) is 0 Å². The van der Waals surface area contributed by atoms with Crippen molar-refractivity contribution in [2.45, 2.75) is 32.4 Å². The SMILES string of the molecule is CNC(c1cnccc1C)C(C)(C)N1CCOCC1. The summed E-state index contributed by atoms with van der Waals surface area (Å²) in [5.74, 6) is 0. The second kappa shape index (κ2) is 5.99. The van der Waals surface area contributed by atoms with Crippen molar-refractivity contribution in [1.82, 2.24) is 15.2 Å². The summed E-state index contributed by atoms with van der Waals surface area (Å²) in [6.45, 7) is 10.4. The number of ether oxygens (including phenoxy) is 1. The Labute approximate surface area is 116 Å². The van der Waals surface area contributed by atoms with Crippen LogP contribution < -0.4 is 5.32 Å². The van der Waals surface area contributed by atoms with E-state index >= 15 is 0 Å². The first-order valence-electron chi connectivity index (χ1n) is 6.98. The topological polar surface area (TPSA) is 37.4 Å². The minimum Gasteiger partial charge on any atom is -0.379 e. The van der Waals surface area contributed by atoms with Crippen molar-refractivity contribution in [2.75, 3.05) is 33.4 Å². The first-order chi connectivity index (χ1) is 9.07. The highest BCUT2D eigenvalue weighted by atomic mass is 16.5. The number of morpholine rings is 1. The van der Waals surface area contributed by atoms with Gasteiger partial charge in [-0.25, -0.2) is 0 Å². The van der Waals surface area contributed by atoms with Crippen LogP contribution in [0.25, 0.3) is 0 Å². The number of pyridine rings is 1. The van der Waals surface area contributed by atoms with Gasteiger partial charge in [0.25, 0.3) is 0 Å². The fraction of sp³-hybridized carbons (Fsp3) is 0.667. The molecule has 1 atom stereocenters. The largest absolute Gasteiger partial charge is 0.379 e. The normalized spacial score (nSPS) is 19.4. The van der Waals surface area contributed by atoms with E-state index in [2.05, 4.69) is 42.0 Å². The van der Waals surface area contributed by atoms with Crippen LogP contribution >= 0.6 is 0 Å². The molecule has 1 saturated heterocycles.